The Balaban J connectivity index is 1.51. The monoisotopic (exact) mass is 445 g/mol. The van der Waals surface area contributed by atoms with Gasteiger partial charge in [-0.1, -0.05) is 65.7 Å². The minimum atomic E-state index is -0.195. The molecule has 3 rings (SSSR count). The molecule has 0 atom stereocenters. The summed E-state index contributed by atoms with van der Waals surface area (Å²) in [5, 5.41) is 4.17. The van der Waals surface area contributed by atoms with Crippen LogP contribution in [0.3, 0.4) is 0 Å². The van der Waals surface area contributed by atoms with E-state index in [1.807, 2.05) is 54.6 Å². The number of carbonyl (C=O) groups excluding carboxylic acids is 1. The molecule has 0 aromatic heterocycles. The molecule has 150 valence electrons. The maximum atomic E-state index is 12.6. The van der Waals surface area contributed by atoms with Gasteiger partial charge in [-0.2, -0.15) is 11.8 Å². The Hall–Kier alpha value is -2.14. The van der Waals surface area contributed by atoms with Crippen LogP contribution in [0.5, 0.6) is 5.75 Å². The molecule has 0 fully saturated rings. The lowest BCUT2D eigenvalue weighted by atomic mass is 10.2. The van der Waals surface area contributed by atoms with Crippen molar-refractivity contribution in [3.63, 3.8) is 0 Å². The van der Waals surface area contributed by atoms with E-state index < -0.39 is 0 Å². The highest BCUT2D eigenvalue weighted by Crippen LogP contribution is 2.24. The van der Waals surface area contributed by atoms with E-state index >= 15 is 0 Å². The van der Waals surface area contributed by atoms with E-state index in [1.54, 1.807) is 30.0 Å². The van der Waals surface area contributed by atoms with Gasteiger partial charge in [0.15, 0.2) is 0 Å². The number of rotatable bonds is 9. The highest BCUT2D eigenvalue weighted by atomic mass is 35.5. The van der Waals surface area contributed by atoms with E-state index in [9.17, 15) is 4.79 Å². The molecule has 29 heavy (non-hydrogen) atoms. The van der Waals surface area contributed by atoms with Crippen LogP contribution in [0, 0.1) is 0 Å². The number of ether oxygens (including phenoxy) is 1. The van der Waals surface area contributed by atoms with E-state index in [2.05, 4.69) is 5.32 Å². The third-order valence-electron chi connectivity index (χ3n) is 4.11. The van der Waals surface area contributed by atoms with Gasteiger partial charge in [-0.05, 0) is 41.5 Å². The topological polar surface area (TPSA) is 38.3 Å². The number of benzene rings is 3. The molecule has 0 aliphatic heterocycles. The van der Waals surface area contributed by atoms with Crippen LogP contribution in [0.4, 0.5) is 0 Å². The van der Waals surface area contributed by atoms with E-state index in [1.165, 1.54) is 5.56 Å². The van der Waals surface area contributed by atoms with E-state index in [4.69, 9.17) is 27.9 Å². The number of carbonyl (C=O) groups is 1. The summed E-state index contributed by atoms with van der Waals surface area (Å²) >= 11 is 13.8. The standard InChI is InChI=1S/C23H21Cl2NO2S/c24-19-8-4-7-18(13-19)16-29-12-11-26-23(27)21-14-20(25)9-10-22(21)28-15-17-5-2-1-3-6-17/h1-10,13-14H,11-12,15-16H2,(H,26,27). The molecule has 1 amide bonds. The highest BCUT2D eigenvalue weighted by Gasteiger charge is 2.13. The maximum absolute atomic E-state index is 12.6. The van der Waals surface area contributed by atoms with Gasteiger partial charge in [0.25, 0.3) is 5.91 Å². The van der Waals surface area contributed by atoms with Crippen molar-refractivity contribution in [3.05, 3.63) is 99.5 Å². The Labute approximate surface area is 185 Å². The van der Waals surface area contributed by atoms with Crippen LogP contribution in [0.25, 0.3) is 0 Å². The summed E-state index contributed by atoms with van der Waals surface area (Å²) < 4.78 is 5.86. The summed E-state index contributed by atoms with van der Waals surface area (Å²) in [5.74, 6) is 1.96. The first-order chi connectivity index (χ1) is 14.1. The molecule has 0 aliphatic rings. The zero-order valence-corrected chi connectivity index (χ0v) is 18.1. The van der Waals surface area contributed by atoms with Crippen molar-refractivity contribution in [3.8, 4) is 5.75 Å². The number of amides is 1. The average molecular weight is 446 g/mol. The summed E-state index contributed by atoms with van der Waals surface area (Å²) in [4.78, 5) is 12.6. The van der Waals surface area contributed by atoms with Crippen molar-refractivity contribution >= 4 is 40.9 Å². The Morgan fingerprint density at radius 2 is 1.66 bits per heavy atom. The third-order valence-corrected chi connectivity index (χ3v) is 5.61. The second kappa shape index (κ2) is 11.1. The van der Waals surface area contributed by atoms with Crippen molar-refractivity contribution in [2.45, 2.75) is 12.4 Å². The Morgan fingerprint density at radius 3 is 2.45 bits per heavy atom. The fraction of sp³-hybridized carbons (Fsp3) is 0.174. The smallest absolute Gasteiger partial charge is 0.255 e. The number of hydrogen-bond acceptors (Lipinski definition) is 3. The Morgan fingerprint density at radius 1 is 0.897 bits per heavy atom. The van der Waals surface area contributed by atoms with Gasteiger partial charge in [-0.3, -0.25) is 4.79 Å². The predicted molar refractivity (Wildman–Crippen MR) is 122 cm³/mol. The SMILES string of the molecule is O=C(NCCSCc1cccc(Cl)c1)c1cc(Cl)ccc1OCc1ccccc1. The molecule has 1 N–H and O–H groups in total. The number of hydrogen-bond donors (Lipinski definition) is 1. The summed E-state index contributed by atoms with van der Waals surface area (Å²) in [6.07, 6.45) is 0. The second-order valence-corrected chi connectivity index (χ2v) is 8.33. The summed E-state index contributed by atoms with van der Waals surface area (Å²) in [5.41, 5.74) is 2.64. The Bertz CT molecular complexity index is 951. The first-order valence-electron chi connectivity index (χ1n) is 9.18. The molecule has 3 nitrogen and oxygen atoms in total. The molecule has 0 aliphatic carbocycles. The second-order valence-electron chi connectivity index (χ2n) is 6.35. The normalized spacial score (nSPS) is 10.6. The minimum absolute atomic E-state index is 0.195. The first-order valence-corrected chi connectivity index (χ1v) is 11.1. The van der Waals surface area contributed by atoms with Crippen molar-refractivity contribution in [2.75, 3.05) is 12.3 Å². The lowest BCUT2D eigenvalue weighted by Gasteiger charge is -2.12. The van der Waals surface area contributed by atoms with Crippen molar-refractivity contribution in [1.82, 2.24) is 5.32 Å². The molecular weight excluding hydrogens is 425 g/mol. The molecule has 0 bridgehead atoms. The van der Waals surface area contributed by atoms with Crippen LogP contribution in [-0.4, -0.2) is 18.2 Å². The molecule has 3 aromatic carbocycles. The van der Waals surface area contributed by atoms with Crippen LogP contribution in [0.2, 0.25) is 10.0 Å². The van der Waals surface area contributed by atoms with E-state index in [0.717, 1.165) is 22.1 Å². The van der Waals surface area contributed by atoms with Crippen LogP contribution >= 0.6 is 35.0 Å². The lowest BCUT2D eigenvalue weighted by Crippen LogP contribution is -2.26. The quantitative estimate of drug-likeness (QED) is 0.396. The fourth-order valence-corrected chi connectivity index (χ4v) is 3.88. The predicted octanol–water partition coefficient (Wildman–Crippen LogP) is 6.24. The van der Waals surface area contributed by atoms with Gasteiger partial charge in [0.2, 0.25) is 0 Å². The largest absolute Gasteiger partial charge is 0.488 e. The third kappa shape index (κ3) is 7.00. The van der Waals surface area contributed by atoms with Crippen molar-refractivity contribution in [1.29, 1.82) is 0 Å². The molecular formula is C23H21Cl2NO2S. The van der Waals surface area contributed by atoms with E-state index in [-0.39, 0.29) is 5.91 Å². The van der Waals surface area contributed by atoms with Crippen LogP contribution in [0.1, 0.15) is 21.5 Å². The van der Waals surface area contributed by atoms with Gasteiger partial charge in [-0.25, -0.2) is 0 Å². The molecule has 0 spiro atoms. The molecule has 0 unspecified atom stereocenters. The first kappa shape index (κ1) is 21.6. The zero-order valence-electron chi connectivity index (χ0n) is 15.7. The molecule has 0 saturated heterocycles. The molecule has 0 heterocycles. The van der Waals surface area contributed by atoms with Crippen LogP contribution in [-0.2, 0) is 12.4 Å². The van der Waals surface area contributed by atoms with Gasteiger partial charge < -0.3 is 10.1 Å². The highest BCUT2D eigenvalue weighted by molar-refractivity contribution is 7.98. The number of thioether (sulfide) groups is 1. The van der Waals surface area contributed by atoms with Crippen molar-refractivity contribution in [2.24, 2.45) is 0 Å². The molecule has 3 aromatic rings. The van der Waals surface area contributed by atoms with Gasteiger partial charge in [0.1, 0.15) is 12.4 Å². The zero-order chi connectivity index (χ0) is 20.5. The summed E-state index contributed by atoms with van der Waals surface area (Å²) in [7, 11) is 0. The summed E-state index contributed by atoms with van der Waals surface area (Å²) in [6.45, 7) is 0.937. The van der Waals surface area contributed by atoms with Crippen molar-refractivity contribution < 1.29 is 9.53 Å². The summed E-state index contributed by atoms with van der Waals surface area (Å²) in [6, 6.07) is 22.7. The van der Waals surface area contributed by atoms with Gasteiger partial charge in [0, 0.05) is 28.1 Å². The fourth-order valence-electron chi connectivity index (χ4n) is 2.69. The molecule has 0 radical (unpaired) electrons. The van der Waals surface area contributed by atoms with E-state index in [0.29, 0.717) is 29.5 Å². The van der Waals surface area contributed by atoms with Gasteiger partial charge in [0.05, 0.1) is 5.56 Å². The average Bonchev–Trinajstić information content (AvgIpc) is 2.73. The van der Waals surface area contributed by atoms with Crippen LogP contribution < -0.4 is 10.1 Å². The molecule has 0 saturated carbocycles. The maximum Gasteiger partial charge on any atom is 0.255 e. The molecule has 6 heteroatoms. The van der Waals surface area contributed by atoms with Crippen LogP contribution in [0.15, 0.2) is 72.8 Å². The number of nitrogens with one attached hydrogen (secondary N) is 1. The lowest BCUT2D eigenvalue weighted by molar-refractivity contribution is 0.0951. The van der Waals surface area contributed by atoms with Gasteiger partial charge >= 0.3 is 0 Å². The Kier molecular flexibility index (Phi) is 8.29. The minimum Gasteiger partial charge on any atom is -0.488 e. The number of halogens is 2. The van der Waals surface area contributed by atoms with Gasteiger partial charge in [-0.15, -0.1) is 0 Å².